The van der Waals surface area contributed by atoms with Crippen LogP contribution in [0.1, 0.15) is 29.2 Å². The van der Waals surface area contributed by atoms with Gasteiger partial charge in [-0.3, -0.25) is 13.9 Å². The predicted molar refractivity (Wildman–Crippen MR) is 177 cm³/mol. The van der Waals surface area contributed by atoms with Gasteiger partial charge in [0.15, 0.2) is 0 Å². The van der Waals surface area contributed by atoms with Gasteiger partial charge in [0.2, 0.25) is 11.8 Å². The van der Waals surface area contributed by atoms with E-state index in [1.54, 1.807) is 55.5 Å². The third-order valence-corrected chi connectivity index (χ3v) is 9.82. The van der Waals surface area contributed by atoms with Crippen LogP contribution < -0.4 is 9.62 Å². The zero-order valence-electron chi connectivity index (χ0n) is 24.8. The Balaban J connectivity index is 1.82. The van der Waals surface area contributed by atoms with Crippen molar-refractivity contribution in [2.75, 3.05) is 17.4 Å². The first kappa shape index (κ1) is 33.1. The fraction of sp³-hybridized carbons (Fsp3) is 0.235. The summed E-state index contributed by atoms with van der Waals surface area (Å²) in [5.74, 6) is -0.937. The summed E-state index contributed by atoms with van der Waals surface area (Å²) in [4.78, 5) is 29.4. The van der Waals surface area contributed by atoms with Gasteiger partial charge >= 0.3 is 0 Å². The van der Waals surface area contributed by atoms with Gasteiger partial charge in [-0.2, -0.15) is 0 Å². The molecule has 0 radical (unpaired) electrons. The molecule has 0 heterocycles. The monoisotopic (exact) mass is 651 g/mol. The largest absolute Gasteiger partial charge is 0.355 e. The first-order valence-corrected chi connectivity index (χ1v) is 16.4. The zero-order chi connectivity index (χ0) is 31.9. The van der Waals surface area contributed by atoms with E-state index in [4.69, 9.17) is 23.2 Å². The Kier molecular flexibility index (Phi) is 11.1. The van der Waals surface area contributed by atoms with Crippen molar-refractivity contribution in [1.82, 2.24) is 10.2 Å². The van der Waals surface area contributed by atoms with Gasteiger partial charge in [-0.25, -0.2) is 8.42 Å². The standard InChI is InChI=1S/C34H35Cl2N3O4S/c1-4-37-34(41)32(20-26-10-6-5-7-11-26)38(22-27-12-8-9-13-30(27)35)33(40)23-39(28-17-16-25(3)31(36)21-28)44(42,43)29-18-14-24(2)15-19-29/h5-19,21,32H,4,20,22-23H2,1-3H3,(H,37,41)/t32-/m1/s1. The van der Waals surface area contributed by atoms with E-state index in [1.165, 1.54) is 23.1 Å². The predicted octanol–water partition coefficient (Wildman–Crippen LogP) is 6.58. The first-order valence-electron chi connectivity index (χ1n) is 14.2. The van der Waals surface area contributed by atoms with Crippen LogP contribution in [0.5, 0.6) is 0 Å². The number of sulfonamides is 1. The lowest BCUT2D eigenvalue weighted by Crippen LogP contribution is -2.53. The fourth-order valence-electron chi connectivity index (χ4n) is 4.76. The lowest BCUT2D eigenvalue weighted by atomic mass is 10.0. The molecule has 1 atom stereocenters. The second-order valence-corrected chi connectivity index (χ2v) is 13.1. The van der Waals surface area contributed by atoms with Crippen LogP contribution in [0.4, 0.5) is 5.69 Å². The van der Waals surface area contributed by atoms with Gasteiger partial charge in [-0.15, -0.1) is 0 Å². The second kappa shape index (κ2) is 14.8. The van der Waals surface area contributed by atoms with Crippen molar-refractivity contribution in [3.63, 3.8) is 0 Å². The Bertz CT molecular complexity index is 1710. The minimum absolute atomic E-state index is 0.0137. The van der Waals surface area contributed by atoms with E-state index < -0.39 is 28.5 Å². The van der Waals surface area contributed by atoms with Gasteiger partial charge in [0.25, 0.3) is 10.0 Å². The average molecular weight is 653 g/mol. The summed E-state index contributed by atoms with van der Waals surface area (Å²) >= 11 is 12.9. The number of anilines is 1. The van der Waals surface area contributed by atoms with Crippen LogP contribution in [-0.4, -0.2) is 44.3 Å². The maximum absolute atomic E-state index is 14.4. The van der Waals surface area contributed by atoms with E-state index in [2.05, 4.69) is 5.32 Å². The van der Waals surface area contributed by atoms with E-state index in [0.717, 1.165) is 21.0 Å². The summed E-state index contributed by atoms with van der Waals surface area (Å²) in [6, 6.07) is 26.7. The highest BCUT2D eigenvalue weighted by Crippen LogP contribution is 2.29. The molecule has 1 N–H and O–H groups in total. The van der Waals surface area contributed by atoms with Gasteiger partial charge in [0.05, 0.1) is 10.6 Å². The Morgan fingerprint density at radius 3 is 2.14 bits per heavy atom. The van der Waals surface area contributed by atoms with Crippen molar-refractivity contribution in [2.45, 2.75) is 44.7 Å². The zero-order valence-corrected chi connectivity index (χ0v) is 27.2. The molecule has 0 saturated heterocycles. The summed E-state index contributed by atoms with van der Waals surface area (Å²) in [6.07, 6.45) is 0.212. The summed E-state index contributed by atoms with van der Waals surface area (Å²) in [5, 5.41) is 3.63. The third kappa shape index (κ3) is 8.00. The fourth-order valence-corrected chi connectivity index (χ4v) is 6.54. The van der Waals surface area contributed by atoms with Gasteiger partial charge < -0.3 is 10.2 Å². The molecule has 230 valence electrons. The number of rotatable bonds is 12. The van der Waals surface area contributed by atoms with Gasteiger partial charge in [-0.05, 0) is 67.8 Å². The number of hydrogen-bond acceptors (Lipinski definition) is 4. The number of amides is 2. The lowest BCUT2D eigenvalue weighted by Gasteiger charge is -2.34. The Morgan fingerprint density at radius 1 is 0.841 bits per heavy atom. The minimum atomic E-state index is -4.22. The van der Waals surface area contributed by atoms with E-state index in [-0.39, 0.29) is 29.5 Å². The Labute approximate surface area is 269 Å². The van der Waals surface area contributed by atoms with Crippen molar-refractivity contribution in [3.8, 4) is 0 Å². The van der Waals surface area contributed by atoms with Crippen LogP contribution >= 0.6 is 23.2 Å². The maximum atomic E-state index is 14.4. The van der Waals surface area contributed by atoms with Crippen LogP contribution in [0.25, 0.3) is 0 Å². The van der Waals surface area contributed by atoms with E-state index >= 15 is 0 Å². The molecule has 0 aliphatic rings. The maximum Gasteiger partial charge on any atom is 0.264 e. The molecule has 0 aromatic heterocycles. The normalized spacial score (nSPS) is 11.9. The van der Waals surface area contributed by atoms with Crippen molar-refractivity contribution in [2.24, 2.45) is 0 Å². The van der Waals surface area contributed by atoms with Crippen LogP contribution in [0.15, 0.2) is 102 Å². The average Bonchev–Trinajstić information content (AvgIpc) is 3.00. The first-order chi connectivity index (χ1) is 21.0. The topological polar surface area (TPSA) is 86.8 Å². The summed E-state index contributed by atoms with van der Waals surface area (Å²) < 4.78 is 29.3. The number of halogens is 2. The number of aryl methyl sites for hydroxylation is 2. The second-order valence-electron chi connectivity index (χ2n) is 10.5. The third-order valence-electron chi connectivity index (χ3n) is 7.25. The van der Waals surface area contributed by atoms with Gasteiger partial charge in [0, 0.05) is 29.6 Å². The highest BCUT2D eigenvalue weighted by atomic mass is 35.5. The molecule has 4 aromatic carbocycles. The van der Waals surface area contributed by atoms with Crippen molar-refractivity contribution in [1.29, 1.82) is 0 Å². The van der Waals surface area contributed by atoms with Crippen molar-refractivity contribution >= 4 is 50.7 Å². The van der Waals surface area contributed by atoms with Crippen LogP contribution in [0, 0.1) is 13.8 Å². The smallest absolute Gasteiger partial charge is 0.264 e. The Hall–Kier alpha value is -3.85. The molecule has 0 aliphatic carbocycles. The van der Waals surface area contributed by atoms with E-state index in [1.807, 2.05) is 44.2 Å². The highest BCUT2D eigenvalue weighted by Gasteiger charge is 2.35. The molecule has 0 unspecified atom stereocenters. The Morgan fingerprint density at radius 2 is 1.50 bits per heavy atom. The summed E-state index contributed by atoms with van der Waals surface area (Å²) in [6.45, 7) is 5.23. The molecule has 4 rings (SSSR count). The van der Waals surface area contributed by atoms with E-state index in [9.17, 15) is 18.0 Å². The number of hydrogen-bond donors (Lipinski definition) is 1. The van der Waals surface area contributed by atoms with Gasteiger partial charge in [0.1, 0.15) is 12.6 Å². The molecule has 7 nitrogen and oxygen atoms in total. The molecule has 0 aliphatic heterocycles. The van der Waals surface area contributed by atoms with Crippen molar-refractivity contribution < 1.29 is 18.0 Å². The van der Waals surface area contributed by atoms with Crippen molar-refractivity contribution in [3.05, 3.63) is 129 Å². The van der Waals surface area contributed by atoms with Crippen LogP contribution in [-0.2, 0) is 32.6 Å². The van der Waals surface area contributed by atoms with E-state index in [0.29, 0.717) is 22.2 Å². The molecule has 4 aromatic rings. The summed E-state index contributed by atoms with van der Waals surface area (Å²) in [7, 11) is -4.22. The number of benzene rings is 4. The molecule has 44 heavy (non-hydrogen) atoms. The number of carbonyl (C=O) groups excluding carboxylic acids is 2. The number of likely N-dealkylation sites (N-methyl/N-ethyl adjacent to an activating group) is 1. The number of nitrogens with zero attached hydrogens (tertiary/aromatic N) is 2. The highest BCUT2D eigenvalue weighted by molar-refractivity contribution is 7.92. The molecule has 0 spiro atoms. The van der Waals surface area contributed by atoms with Crippen LogP contribution in [0.2, 0.25) is 10.0 Å². The lowest BCUT2D eigenvalue weighted by molar-refractivity contribution is -0.140. The molecule has 2 amide bonds. The molecule has 10 heteroatoms. The molecule has 0 bridgehead atoms. The molecule has 0 fully saturated rings. The minimum Gasteiger partial charge on any atom is -0.355 e. The number of nitrogens with one attached hydrogen (secondary N) is 1. The summed E-state index contributed by atoms with van der Waals surface area (Å²) in [5.41, 5.74) is 3.34. The molecular weight excluding hydrogens is 617 g/mol. The molecule has 0 saturated carbocycles. The number of carbonyl (C=O) groups is 2. The molecular formula is C34H35Cl2N3O4S. The quantitative estimate of drug-likeness (QED) is 0.187. The van der Waals surface area contributed by atoms with Gasteiger partial charge in [-0.1, -0.05) is 95.5 Å². The van der Waals surface area contributed by atoms with Crippen LogP contribution in [0.3, 0.4) is 0 Å². The SMILES string of the molecule is CCNC(=O)[C@@H](Cc1ccccc1)N(Cc1ccccc1Cl)C(=O)CN(c1ccc(C)c(Cl)c1)S(=O)(=O)c1ccc(C)cc1.